The molecule has 3 rings (SSSR count). The molecular weight excluding hydrogens is 356 g/mol. The largest absolute Gasteiger partial charge is 0.423 e. The zero-order chi connectivity index (χ0) is 20.1. The minimum absolute atomic E-state index is 0.115. The van der Waals surface area contributed by atoms with Crippen LogP contribution in [0.15, 0.2) is 4.42 Å². The van der Waals surface area contributed by atoms with Crippen LogP contribution in [0.25, 0.3) is 0 Å². The maximum absolute atomic E-state index is 12.6. The Bertz CT molecular complexity index is 632. The fourth-order valence-electron chi connectivity index (χ4n) is 4.45. The molecule has 0 bridgehead atoms. The van der Waals surface area contributed by atoms with Gasteiger partial charge in [0.2, 0.25) is 17.7 Å². The zero-order valence-corrected chi connectivity index (χ0v) is 17.9. The van der Waals surface area contributed by atoms with Crippen LogP contribution < -0.4 is 0 Å². The van der Waals surface area contributed by atoms with Gasteiger partial charge in [0, 0.05) is 25.1 Å². The molecule has 7 nitrogen and oxygen atoms in total. The number of amides is 1. The number of likely N-dealkylation sites (tertiary alicyclic amines) is 2. The molecule has 28 heavy (non-hydrogen) atoms. The molecule has 0 spiro atoms. The SMILES string of the molecule is COCC(=O)N1CCCCCC1C1CCN(Cc2nnc(C(C)(C)C)o2)CC1. The predicted molar refractivity (Wildman–Crippen MR) is 107 cm³/mol. The molecule has 2 saturated heterocycles. The van der Waals surface area contributed by atoms with Crippen LogP contribution in [0.1, 0.15) is 71.1 Å². The van der Waals surface area contributed by atoms with Gasteiger partial charge in [0.15, 0.2) is 0 Å². The minimum atomic E-state index is -0.115. The van der Waals surface area contributed by atoms with Crippen LogP contribution in [0.2, 0.25) is 0 Å². The highest BCUT2D eigenvalue weighted by Crippen LogP contribution is 2.31. The lowest BCUT2D eigenvalue weighted by atomic mass is 9.86. The Labute approximate surface area is 168 Å². The summed E-state index contributed by atoms with van der Waals surface area (Å²) in [5.41, 5.74) is -0.115. The topological polar surface area (TPSA) is 71.7 Å². The molecule has 0 saturated carbocycles. The first-order chi connectivity index (χ1) is 13.4. The summed E-state index contributed by atoms with van der Waals surface area (Å²) >= 11 is 0. The molecule has 3 heterocycles. The van der Waals surface area contributed by atoms with Gasteiger partial charge in [-0.3, -0.25) is 9.69 Å². The third kappa shape index (κ3) is 5.32. The smallest absolute Gasteiger partial charge is 0.248 e. The van der Waals surface area contributed by atoms with E-state index < -0.39 is 0 Å². The van der Waals surface area contributed by atoms with E-state index in [1.807, 2.05) is 0 Å². The van der Waals surface area contributed by atoms with E-state index in [1.54, 1.807) is 7.11 Å². The lowest BCUT2D eigenvalue weighted by molar-refractivity contribution is -0.139. The van der Waals surface area contributed by atoms with E-state index in [1.165, 1.54) is 12.8 Å². The van der Waals surface area contributed by atoms with Crippen LogP contribution in [-0.2, 0) is 21.5 Å². The van der Waals surface area contributed by atoms with Gasteiger partial charge in [0.25, 0.3) is 0 Å². The molecule has 1 unspecified atom stereocenters. The molecule has 0 N–H and O–H groups in total. The first-order valence-corrected chi connectivity index (χ1v) is 10.7. The number of methoxy groups -OCH3 is 1. The van der Waals surface area contributed by atoms with E-state index in [2.05, 4.69) is 40.8 Å². The van der Waals surface area contributed by atoms with Crippen molar-refractivity contribution in [3.8, 4) is 0 Å². The molecule has 1 atom stereocenters. The third-order valence-corrected chi connectivity index (χ3v) is 6.03. The number of piperidine rings is 1. The van der Waals surface area contributed by atoms with E-state index in [9.17, 15) is 4.79 Å². The molecule has 2 fully saturated rings. The van der Waals surface area contributed by atoms with Crippen molar-refractivity contribution in [3.05, 3.63) is 11.8 Å². The standard InChI is InChI=1S/C21H36N4O3/c1-21(2,3)20-23-22-18(28-20)14-24-12-9-16(10-13-24)17-8-6-5-7-11-25(17)19(26)15-27-4/h16-17H,5-15H2,1-4H3. The van der Waals surface area contributed by atoms with Crippen molar-refractivity contribution in [1.29, 1.82) is 0 Å². The predicted octanol–water partition coefficient (Wildman–Crippen LogP) is 3.00. The van der Waals surface area contributed by atoms with Gasteiger partial charge in [-0.1, -0.05) is 33.6 Å². The minimum Gasteiger partial charge on any atom is -0.423 e. The van der Waals surface area contributed by atoms with E-state index in [0.29, 0.717) is 30.3 Å². The molecule has 0 aromatic carbocycles. The van der Waals surface area contributed by atoms with Crippen molar-refractivity contribution in [1.82, 2.24) is 20.0 Å². The molecule has 1 amide bonds. The fourth-order valence-corrected chi connectivity index (χ4v) is 4.45. The molecule has 7 heteroatoms. The van der Waals surface area contributed by atoms with E-state index >= 15 is 0 Å². The number of carbonyl (C=O) groups is 1. The summed E-state index contributed by atoms with van der Waals surface area (Å²) in [7, 11) is 1.60. The summed E-state index contributed by atoms with van der Waals surface area (Å²) in [4.78, 5) is 17.1. The van der Waals surface area contributed by atoms with Crippen molar-refractivity contribution in [2.45, 2.75) is 77.3 Å². The lowest BCUT2D eigenvalue weighted by Gasteiger charge is -2.40. The van der Waals surface area contributed by atoms with Crippen LogP contribution in [0.3, 0.4) is 0 Å². The second kappa shape index (κ2) is 9.35. The second-order valence-corrected chi connectivity index (χ2v) is 9.30. The number of rotatable bonds is 5. The Balaban J connectivity index is 1.56. The van der Waals surface area contributed by atoms with Crippen LogP contribution in [0, 0.1) is 5.92 Å². The Kier molecular flexibility index (Phi) is 7.10. The van der Waals surface area contributed by atoms with Crippen LogP contribution in [0.4, 0.5) is 0 Å². The number of nitrogens with zero attached hydrogens (tertiary/aromatic N) is 4. The van der Waals surface area contributed by atoms with E-state index in [4.69, 9.17) is 9.15 Å². The van der Waals surface area contributed by atoms with Gasteiger partial charge >= 0.3 is 0 Å². The summed E-state index contributed by atoms with van der Waals surface area (Å²) in [6.07, 6.45) is 6.90. The maximum atomic E-state index is 12.6. The quantitative estimate of drug-likeness (QED) is 0.767. The zero-order valence-electron chi connectivity index (χ0n) is 17.9. The molecule has 0 radical (unpaired) electrons. The van der Waals surface area contributed by atoms with Crippen molar-refractivity contribution in [2.75, 3.05) is 33.4 Å². The lowest BCUT2D eigenvalue weighted by Crippen LogP contribution is -2.48. The molecule has 1 aromatic heterocycles. The average molecular weight is 393 g/mol. The normalized spacial score (nSPS) is 23.0. The van der Waals surface area contributed by atoms with Crippen LogP contribution in [0.5, 0.6) is 0 Å². The summed E-state index contributed by atoms with van der Waals surface area (Å²) in [5.74, 6) is 2.12. The highest BCUT2D eigenvalue weighted by atomic mass is 16.5. The number of hydrogen-bond acceptors (Lipinski definition) is 6. The van der Waals surface area contributed by atoms with E-state index in [0.717, 1.165) is 45.3 Å². The first-order valence-electron chi connectivity index (χ1n) is 10.7. The highest BCUT2D eigenvalue weighted by Gasteiger charge is 2.34. The average Bonchev–Trinajstić information content (AvgIpc) is 2.99. The summed E-state index contributed by atoms with van der Waals surface area (Å²) in [5, 5.41) is 8.43. The number of ether oxygens (including phenoxy) is 1. The maximum Gasteiger partial charge on any atom is 0.248 e. The molecule has 2 aliphatic rings. The summed E-state index contributed by atoms with van der Waals surface area (Å²) in [6.45, 7) is 10.1. The van der Waals surface area contributed by atoms with Crippen LogP contribution in [-0.4, -0.2) is 65.3 Å². The monoisotopic (exact) mass is 392 g/mol. The van der Waals surface area contributed by atoms with Crippen molar-refractivity contribution in [3.63, 3.8) is 0 Å². The van der Waals surface area contributed by atoms with Crippen LogP contribution >= 0.6 is 0 Å². The van der Waals surface area contributed by atoms with Crippen molar-refractivity contribution < 1.29 is 13.9 Å². The number of aromatic nitrogens is 2. The summed E-state index contributed by atoms with van der Waals surface area (Å²) in [6, 6.07) is 0.364. The molecule has 1 aromatic rings. The Hall–Kier alpha value is -1.47. The second-order valence-electron chi connectivity index (χ2n) is 9.30. The van der Waals surface area contributed by atoms with Gasteiger partial charge in [-0.25, -0.2) is 0 Å². The third-order valence-electron chi connectivity index (χ3n) is 6.03. The van der Waals surface area contributed by atoms with Gasteiger partial charge in [0.1, 0.15) is 6.61 Å². The first kappa shape index (κ1) is 21.2. The van der Waals surface area contributed by atoms with Gasteiger partial charge in [-0.15, -0.1) is 10.2 Å². The Morgan fingerprint density at radius 1 is 1.11 bits per heavy atom. The Morgan fingerprint density at radius 3 is 2.50 bits per heavy atom. The van der Waals surface area contributed by atoms with Gasteiger partial charge in [-0.2, -0.15) is 0 Å². The van der Waals surface area contributed by atoms with Gasteiger partial charge < -0.3 is 14.1 Å². The van der Waals surface area contributed by atoms with E-state index in [-0.39, 0.29) is 17.9 Å². The van der Waals surface area contributed by atoms with Gasteiger partial charge in [-0.05, 0) is 44.7 Å². The molecular formula is C21H36N4O3. The molecule has 158 valence electrons. The molecule has 0 aliphatic carbocycles. The number of hydrogen-bond donors (Lipinski definition) is 0. The number of carbonyl (C=O) groups excluding carboxylic acids is 1. The molecule has 2 aliphatic heterocycles. The highest BCUT2D eigenvalue weighted by molar-refractivity contribution is 5.77. The van der Waals surface area contributed by atoms with Crippen molar-refractivity contribution in [2.24, 2.45) is 5.92 Å². The van der Waals surface area contributed by atoms with Gasteiger partial charge in [0.05, 0.1) is 6.54 Å². The van der Waals surface area contributed by atoms with Crippen molar-refractivity contribution >= 4 is 5.91 Å². The fraction of sp³-hybridized carbons (Fsp3) is 0.857. The Morgan fingerprint density at radius 2 is 1.86 bits per heavy atom. The summed E-state index contributed by atoms with van der Waals surface area (Å²) < 4.78 is 11.0.